The summed E-state index contributed by atoms with van der Waals surface area (Å²) in [5.41, 5.74) is 1.47. The van der Waals surface area contributed by atoms with Crippen LogP contribution in [0.25, 0.3) is 10.9 Å². The third-order valence-electron chi connectivity index (χ3n) is 4.16. The van der Waals surface area contributed by atoms with Crippen LogP contribution < -0.4 is 5.46 Å². The van der Waals surface area contributed by atoms with Gasteiger partial charge in [0.2, 0.25) is 0 Å². The van der Waals surface area contributed by atoms with Crippen molar-refractivity contribution in [3.05, 3.63) is 28.9 Å². The molecule has 1 N–H and O–H groups in total. The molecule has 2 aromatic rings. The molecule has 1 saturated heterocycles. The fourth-order valence-electron chi connectivity index (χ4n) is 2.32. The first kappa shape index (κ1) is 13.2. The van der Waals surface area contributed by atoms with Crippen molar-refractivity contribution in [3.8, 4) is 0 Å². The molecule has 0 saturated carbocycles. The average Bonchev–Trinajstić information content (AvgIpc) is 2.80. The van der Waals surface area contributed by atoms with E-state index in [1.807, 2.05) is 6.20 Å². The number of hydrogen-bond donors (Lipinski definition) is 1. The number of H-pyrrole nitrogens is 1. The Balaban J connectivity index is 2.09. The number of rotatable bonds is 1. The summed E-state index contributed by atoms with van der Waals surface area (Å²) in [6.07, 6.45) is 1.94. The highest BCUT2D eigenvalue weighted by molar-refractivity contribution is 9.10. The van der Waals surface area contributed by atoms with E-state index >= 15 is 0 Å². The lowest BCUT2D eigenvalue weighted by Crippen LogP contribution is -2.41. The van der Waals surface area contributed by atoms with Gasteiger partial charge in [-0.2, -0.15) is 0 Å². The van der Waals surface area contributed by atoms with Crippen molar-refractivity contribution in [1.82, 2.24) is 4.98 Å². The maximum Gasteiger partial charge on any atom is 0.497 e. The van der Waals surface area contributed by atoms with E-state index in [1.54, 1.807) is 0 Å². The van der Waals surface area contributed by atoms with Gasteiger partial charge in [0.05, 0.1) is 11.2 Å². The van der Waals surface area contributed by atoms with Crippen molar-refractivity contribution >= 4 is 39.4 Å². The molecule has 0 spiro atoms. The molecule has 0 unspecified atom stereocenters. The standard InChI is InChI=1S/C14H17BBrNO2/c1-13(2)14(3,4)19-15(18-13)11-8-10(16)7-9-5-6-17-12(9)11/h5-8,17H,1-4H3. The number of aromatic nitrogens is 1. The van der Waals surface area contributed by atoms with Gasteiger partial charge >= 0.3 is 7.12 Å². The van der Waals surface area contributed by atoms with E-state index in [1.165, 1.54) is 0 Å². The van der Waals surface area contributed by atoms with Gasteiger partial charge in [0.25, 0.3) is 0 Å². The van der Waals surface area contributed by atoms with Gasteiger partial charge in [0, 0.05) is 27.0 Å². The van der Waals surface area contributed by atoms with Crippen molar-refractivity contribution in [1.29, 1.82) is 0 Å². The van der Waals surface area contributed by atoms with Crippen LogP contribution in [-0.2, 0) is 9.31 Å². The zero-order chi connectivity index (χ0) is 13.8. The van der Waals surface area contributed by atoms with Gasteiger partial charge in [0.15, 0.2) is 0 Å². The van der Waals surface area contributed by atoms with Crippen LogP contribution >= 0.6 is 15.9 Å². The molecule has 0 radical (unpaired) electrons. The summed E-state index contributed by atoms with van der Waals surface area (Å²) in [7, 11) is -0.344. The van der Waals surface area contributed by atoms with Crippen molar-refractivity contribution in [2.24, 2.45) is 0 Å². The quantitative estimate of drug-likeness (QED) is 0.818. The monoisotopic (exact) mass is 321 g/mol. The summed E-state index contributed by atoms with van der Waals surface area (Å²) in [4.78, 5) is 3.27. The molecule has 0 bridgehead atoms. The number of benzene rings is 1. The van der Waals surface area contributed by atoms with Crippen LogP contribution in [0.2, 0.25) is 0 Å². The van der Waals surface area contributed by atoms with Gasteiger partial charge in [-0.25, -0.2) is 0 Å². The lowest BCUT2D eigenvalue weighted by Gasteiger charge is -2.32. The van der Waals surface area contributed by atoms with E-state index in [0.717, 1.165) is 20.8 Å². The smallest absolute Gasteiger partial charge is 0.399 e. The Morgan fingerprint density at radius 1 is 1.11 bits per heavy atom. The Morgan fingerprint density at radius 2 is 1.74 bits per heavy atom. The minimum atomic E-state index is -0.344. The fraction of sp³-hybridized carbons (Fsp3) is 0.429. The molecule has 0 aliphatic carbocycles. The average molecular weight is 322 g/mol. The maximum atomic E-state index is 6.12. The second-order valence-corrected chi connectivity index (χ2v) is 6.94. The van der Waals surface area contributed by atoms with E-state index in [4.69, 9.17) is 9.31 Å². The molecule has 0 atom stereocenters. The van der Waals surface area contributed by atoms with Crippen molar-refractivity contribution in [2.45, 2.75) is 38.9 Å². The molecule has 1 fully saturated rings. The van der Waals surface area contributed by atoms with Crippen LogP contribution in [-0.4, -0.2) is 23.3 Å². The number of fused-ring (bicyclic) bond motifs is 1. The van der Waals surface area contributed by atoms with Crippen molar-refractivity contribution < 1.29 is 9.31 Å². The van der Waals surface area contributed by atoms with Crippen molar-refractivity contribution in [3.63, 3.8) is 0 Å². The van der Waals surface area contributed by atoms with Crippen LogP contribution in [0.4, 0.5) is 0 Å². The predicted molar refractivity (Wildman–Crippen MR) is 81.7 cm³/mol. The van der Waals surface area contributed by atoms with Gasteiger partial charge in [-0.3, -0.25) is 0 Å². The van der Waals surface area contributed by atoms with Crippen LogP contribution in [0.3, 0.4) is 0 Å². The summed E-state index contributed by atoms with van der Waals surface area (Å²) >= 11 is 3.55. The molecule has 3 nitrogen and oxygen atoms in total. The van der Waals surface area contributed by atoms with Crippen molar-refractivity contribution in [2.75, 3.05) is 0 Å². The number of aromatic amines is 1. The molecule has 1 aromatic carbocycles. The third kappa shape index (κ3) is 2.04. The molecular weight excluding hydrogens is 305 g/mol. The first-order valence-electron chi connectivity index (χ1n) is 6.42. The van der Waals surface area contributed by atoms with E-state index in [9.17, 15) is 0 Å². The van der Waals surface area contributed by atoms with Crippen LogP contribution in [0.15, 0.2) is 28.9 Å². The molecule has 3 rings (SSSR count). The van der Waals surface area contributed by atoms with Crippen LogP contribution in [0, 0.1) is 0 Å². The molecule has 5 heteroatoms. The Labute approximate surface area is 121 Å². The number of nitrogens with one attached hydrogen (secondary N) is 1. The highest BCUT2D eigenvalue weighted by atomic mass is 79.9. The third-order valence-corrected chi connectivity index (χ3v) is 4.62. The highest BCUT2D eigenvalue weighted by Crippen LogP contribution is 2.37. The lowest BCUT2D eigenvalue weighted by atomic mass is 9.78. The Hall–Kier alpha value is -0.775. The molecule has 100 valence electrons. The first-order chi connectivity index (χ1) is 8.80. The minimum absolute atomic E-state index is 0.321. The molecule has 0 amide bonds. The van der Waals surface area contributed by atoms with Gasteiger partial charge in [-0.15, -0.1) is 0 Å². The minimum Gasteiger partial charge on any atom is -0.399 e. The van der Waals surface area contributed by atoms with Gasteiger partial charge < -0.3 is 14.3 Å². The van der Waals surface area contributed by atoms with E-state index in [-0.39, 0.29) is 18.3 Å². The maximum absolute atomic E-state index is 6.12. The molecule has 1 aromatic heterocycles. The predicted octanol–water partition coefficient (Wildman–Crippen LogP) is 3.23. The van der Waals surface area contributed by atoms with Crippen LogP contribution in [0.1, 0.15) is 27.7 Å². The van der Waals surface area contributed by atoms with E-state index in [0.29, 0.717) is 0 Å². The Morgan fingerprint density at radius 3 is 2.37 bits per heavy atom. The van der Waals surface area contributed by atoms with Gasteiger partial charge in [0.1, 0.15) is 0 Å². The van der Waals surface area contributed by atoms with Gasteiger partial charge in [-0.05, 0) is 45.9 Å². The number of hydrogen-bond acceptors (Lipinski definition) is 2. The number of halogens is 1. The summed E-state index contributed by atoms with van der Waals surface area (Å²) < 4.78 is 13.3. The molecule has 19 heavy (non-hydrogen) atoms. The zero-order valence-corrected chi connectivity index (χ0v) is 13.2. The zero-order valence-electron chi connectivity index (χ0n) is 11.6. The lowest BCUT2D eigenvalue weighted by molar-refractivity contribution is 0.00578. The summed E-state index contributed by atoms with van der Waals surface area (Å²) in [6.45, 7) is 8.27. The fourth-order valence-corrected chi connectivity index (χ4v) is 2.81. The molecular formula is C14H17BBrNO2. The molecule has 1 aliphatic rings. The Bertz CT molecular complexity index is 619. The SMILES string of the molecule is CC1(C)OB(c2cc(Br)cc3cc[nH]c23)OC1(C)C. The molecule has 1 aliphatic heterocycles. The topological polar surface area (TPSA) is 34.2 Å². The Kier molecular flexibility index (Phi) is 2.86. The molecule has 2 heterocycles. The van der Waals surface area contributed by atoms with Crippen LogP contribution in [0.5, 0.6) is 0 Å². The summed E-state index contributed by atoms with van der Waals surface area (Å²) in [6, 6.07) is 6.19. The highest BCUT2D eigenvalue weighted by Gasteiger charge is 2.52. The summed E-state index contributed by atoms with van der Waals surface area (Å²) in [5.74, 6) is 0. The van der Waals surface area contributed by atoms with E-state index in [2.05, 4.69) is 66.8 Å². The second-order valence-electron chi connectivity index (χ2n) is 6.03. The van der Waals surface area contributed by atoms with E-state index < -0.39 is 0 Å². The second kappa shape index (κ2) is 4.11. The summed E-state index contributed by atoms with van der Waals surface area (Å²) in [5, 5.41) is 1.15. The van der Waals surface area contributed by atoms with Gasteiger partial charge in [-0.1, -0.05) is 15.9 Å². The first-order valence-corrected chi connectivity index (χ1v) is 7.22. The largest absolute Gasteiger partial charge is 0.497 e. The normalized spacial score (nSPS) is 21.2.